The van der Waals surface area contributed by atoms with Crippen LogP contribution in [0.4, 0.5) is 0 Å². The van der Waals surface area contributed by atoms with Gasteiger partial charge in [-0.2, -0.15) is 0 Å². The number of cyclic esters (lactones) is 1. The van der Waals surface area contributed by atoms with Gasteiger partial charge in [0.15, 0.2) is 0 Å². The molecule has 3 nitrogen and oxygen atoms in total. The van der Waals surface area contributed by atoms with Crippen LogP contribution in [0.3, 0.4) is 0 Å². The van der Waals surface area contributed by atoms with Crippen LogP contribution in [0.15, 0.2) is 60.7 Å². The molecule has 25 heavy (non-hydrogen) atoms. The second-order valence-corrected chi connectivity index (χ2v) is 7.28. The van der Waals surface area contributed by atoms with Crippen molar-refractivity contribution in [2.75, 3.05) is 0 Å². The van der Waals surface area contributed by atoms with Crippen LogP contribution in [-0.4, -0.2) is 11.1 Å². The third-order valence-electron chi connectivity index (χ3n) is 5.96. The molecule has 1 saturated heterocycles. The summed E-state index contributed by atoms with van der Waals surface area (Å²) in [6.45, 7) is 0. The minimum atomic E-state index is -0.872. The zero-order valence-corrected chi connectivity index (χ0v) is 14.3. The summed E-state index contributed by atoms with van der Waals surface area (Å²) in [5.74, 6) is -0.0903. The number of hydrogen-bond donors (Lipinski definition) is 1. The van der Waals surface area contributed by atoms with E-state index in [1.807, 2.05) is 60.7 Å². The van der Waals surface area contributed by atoms with Gasteiger partial charge in [0.2, 0.25) is 0 Å². The lowest BCUT2D eigenvalue weighted by molar-refractivity contribution is -0.246. The molecule has 0 aromatic heterocycles. The molecular weight excluding hydrogens is 312 g/mol. The van der Waals surface area contributed by atoms with Crippen molar-refractivity contribution in [2.24, 2.45) is 11.3 Å². The number of aliphatic hydroxyl groups excluding tert-OH is 1. The third-order valence-corrected chi connectivity index (χ3v) is 5.96. The molecule has 2 fully saturated rings. The monoisotopic (exact) mass is 336 g/mol. The van der Waals surface area contributed by atoms with E-state index in [-0.39, 0.29) is 18.0 Å². The zero-order chi connectivity index (χ0) is 17.3. The highest BCUT2D eigenvalue weighted by Crippen LogP contribution is 2.62. The van der Waals surface area contributed by atoms with E-state index in [1.54, 1.807) is 0 Å². The number of benzene rings is 2. The summed E-state index contributed by atoms with van der Waals surface area (Å²) in [5, 5.41) is 11.3. The van der Waals surface area contributed by atoms with E-state index in [2.05, 4.69) is 0 Å². The highest BCUT2D eigenvalue weighted by molar-refractivity contribution is 5.85. The molecule has 4 rings (SSSR count). The van der Waals surface area contributed by atoms with Gasteiger partial charge in [-0.05, 0) is 29.9 Å². The van der Waals surface area contributed by atoms with Crippen LogP contribution < -0.4 is 0 Å². The Morgan fingerprint density at radius 3 is 2.12 bits per heavy atom. The number of carbonyl (C=O) groups is 1. The molecule has 0 radical (unpaired) electrons. The van der Waals surface area contributed by atoms with Crippen LogP contribution in [0.1, 0.15) is 55.4 Å². The van der Waals surface area contributed by atoms with Crippen molar-refractivity contribution in [1.29, 1.82) is 0 Å². The second kappa shape index (κ2) is 6.64. The van der Waals surface area contributed by atoms with Crippen LogP contribution in [0.5, 0.6) is 0 Å². The number of esters is 1. The first-order valence-corrected chi connectivity index (χ1v) is 9.23. The van der Waals surface area contributed by atoms with E-state index in [0.29, 0.717) is 0 Å². The maximum absolute atomic E-state index is 12.9. The summed E-state index contributed by atoms with van der Waals surface area (Å²) in [4.78, 5) is 12.9. The molecular formula is C22H24O3. The first-order chi connectivity index (χ1) is 12.2. The van der Waals surface area contributed by atoms with E-state index in [0.717, 1.165) is 36.8 Å². The summed E-state index contributed by atoms with van der Waals surface area (Å²) >= 11 is 0. The van der Waals surface area contributed by atoms with Crippen LogP contribution in [-0.2, 0) is 9.53 Å². The average Bonchev–Trinajstić information content (AvgIpc) is 2.68. The summed E-state index contributed by atoms with van der Waals surface area (Å²) in [6, 6.07) is 19.4. The fraction of sp³-hybridized carbons (Fsp3) is 0.409. The molecule has 0 spiro atoms. The van der Waals surface area contributed by atoms with E-state index in [9.17, 15) is 9.90 Å². The Bertz CT molecular complexity index is 678. The molecule has 3 heteroatoms. The lowest BCUT2D eigenvalue weighted by Crippen LogP contribution is -2.59. The van der Waals surface area contributed by atoms with Crippen molar-refractivity contribution in [3.05, 3.63) is 71.8 Å². The van der Waals surface area contributed by atoms with Gasteiger partial charge in [0.1, 0.15) is 11.5 Å². The summed E-state index contributed by atoms with van der Waals surface area (Å²) in [6.07, 6.45) is 4.16. The van der Waals surface area contributed by atoms with E-state index >= 15 is 0 Å². The Kier molecular flexibility index (Phi) is 4.34. The van der Waals surface area contributed by atoms with Gasteiger partial charge < -0.3 is 9.84 Å². The van der Waals surface area contributed by atoms with Crippen molar-refractivity contribution in [3.8, 4) is 0 Å². The first-order valence-electron chi connectivity index (χ1n) is 9.23. The van der Waals surface area contributed by atoms with E-state index < -0.39 is 11.5 Å². The normalized spacial score (nSPS) is 28.0. The number of aliphatic hydroxyl groups is 1. The second-order valence-electron chi connectivity index (χ2n) is 7.28. The SMILES string of the molecule is O=C1O[C@H](c2ccccc2)[C@@]1(C1CCCCC1)C(O)c1ccccc1. The lowest BCUT2D eigenvalue weighted by atomic mass is 9.57. The van der Waals surface area contributed by atoms with Gasteiger partial charge in [0, 0.05) is 0 Å². The van der Waals surface area contributed by atoms with Crippen LogP contribution in [0.2, 0.25) is 0 Å². The number of hydrogen-bond acceptors (Lipinski definition) is 3. The van der Waals surface area contributed by atoms with Gasteiger partial charge in [-0.25, -0.2) is 0 Å². The van der Waals surface area contributed by atoms with E-state index in [1.165, 1.54) is 6.42 Å². The van der Waals surface area contributed by atoms with Gasteiger partial charge in [-0.3, -0.25) is 4.79 Å². The van der Waals surface area contributed by atoms with Gasteiger partial charge in [-0.1, -0.05) is 79.9 Å². The van der Waals surface area contributed by atoms with Gasteiger partial charge in [-0.15, -0.1) is 0 Å². The molecule has 1 heterocycles. The van der Waals surface area contributed by atoms with Gasteiger partial charge in [0.25, 0.3) is 0 Å². The Hall–Kier alpha value is -2.13. The fourth-order valence-electron chi connectivity index (χ4n) is 4.68. The summed E-state index contributed by atoms with van der Waals surface area (Å²) in [7, 11) is 0. The van der Waals surface area contributed by atoms with Crippen molar-refractivity contribution in [1.82, 2.24) is 0 Å². The van der Waals surface area contributed by atoms with Gasteiger partial charge in [0.05, 0.1) is 6.10 Å². The molecule has 0 bridgehead atoms. The number of ether oxygens (including phenoxy) is 1. The molecule has 130 valence electrons. The molecule has 1 saturated carbocycles. The zero-order valence-electron chi connectivity index (χ0n) is 14.3. The van der Waals surface area contributed by atoms with E-state index in [4.69, 9.17) is 4.74 Å². The minimum Gasteiger partial charge on any atom is -0.455 e. The van der Waals surface area contributed by atoms with Crippen molar-refractivity contribution < 1.29 is 14.6 Å². The summed E-state index contributed by atoms with van der Waals surface area (Å²) < 4.78 is 5.64. The molecule has 1 aliphatic carbocycles. The number of carbonyl (C=O) groups excluding carboxylic acids is 1. The molecule has 0 amide bonds. The Morgan fingerprint density at radius 1 is 0.920 bits per heavy atom. The minimum absolute atomic E-state index is 0.155. The smallest absolute Gasteiger partial charge is 0.320 e. The van der Waals surface area contributed by atoms with Gasteiger partial charge >= 0.3 is 5.97 Å². The predicted molar refractivity (Wildman–Crippen MR) is 95.7 cm³/mol. The molecule has 2 aliphatic rings. The topological polar surface area (TPSA) is 46.5 Å². The van der Waals surface area contributed by atoms with Crippen LogP contribution >= 0.6 is 0 Å². The third kappa shape index (κ3) is 2.58. The Morgan fingerprint density at radius 2 is 1.52 bits per heavy atom. The standard InChI is InChI=1S/C22H24O3/c23-19(16-10-4-1-5-11-16)22(18-14-8-3-9-15-18)20(25-21(22)24)17-12-6-2-7-13-17/h1-2,4-7,10-13,18-20,23H,3,8-9,14-15H2/t19?,20-,22-/m1/s1. The maximum atomic E-state index is 12.9. The highest BCUT2D eigenvalue weighted by Gasteiger charge is 2.66. The quantitative estimate of drug-likeness (QED) is 0.831. The molecule has 1 unspecified atom stereocenters. The molecule has 2 aromatic carbocycles. The Balaban J connectivity index is 1.79. The molecule has 3 atom stereocenters. The molecule has 2 aromatic rings. The lowest BCUT2D eigenvalue weighted by Gasteiger charge is -2.54. The van der Waals surface area contributed by atoms with Crippen LogP contribution in [0, 0.1) is 11.3 Å². The summed E-state index contributed by atoms with van der Waals surface area (Å²) in [5.41, 5.74) is 0.900. The van der Waals surface area contributed by atoms with Crippen molar-refractivity contribution >= 4 is 5.97 Å². The first kappa shape index (κ1) is 16.3. The maximum Gasteiger partial charge on any atom is 0.320 e. The molecule has 1 N–H and O–H groups in total. The Labute approximate surface area is 148 Å². The van der Waals surface area contributed by atoms with Crippen molar-refractivity contribution in [2.45, 2.75) is 44.3 Å². The van der Waals surface area contributed by atoms with Crippen LogP contribution in [0.25, 0.3) is 0 Å². The number of rotatable bonds is 4. The largest absolute Gasteiger partial charge is 0.455 e. The average molecular weight is 336 g/mol. The highest BCUT2D eigenvalue weighted by atomic mass is 16.6. The fourth-order valence-corrected chi connectivity index (χ4v) is 4.68. The van der Waals surface area contributed by atoms with Crippen molar-refractivity contribution in [3.63, 3.8) is 0 Å². The predicted octanol–water partition coefficient (Wildman–Crippen LogP) is 4.58. The molecule has 1 aliphatic heterocycles.